The Hall–Kier alpha value is -2.52. The first-order chi connectivity index (χ1) is 12.8. The van der Waals surface area contributed by atoms with Crippen molar-refractivity contribution in [2.75, 3.05) is 11.6 Å². The molecule has 3 heteroatoms. The van der Waals surface area contributed by atoms with Gasteiger partial charge in [-0.1, -0.05) is 72.8 Å². The van der Waals surface area contributed by atoms with Gasteiger partial charge in [0.05, 0.1) is 11.6 Å². The summed E-state index contributed by atoms with van der Waals surface area (Å²) in [5.41, 5.74) is 3.37. The largest absolute Gasteiger partial charge is 0.325 e. The van der Waals surface area contributed by atoms with Crippen LogP contribution in [0.5, 0.6) is 0 Å². The fraction of sp³-hybridized carbons (Fsp3) is 0.174. The molecule has 3 aromatic rings. The maximum Gasteiger partial charge on any atom is 0.228 e. The standard InChI is InChI=1S/C23H21NOS/c1-26-19-15-9-8-14-18(19)24-23(25)22-20(16-10-4-2-5-11-16)21(22)17-12-6-3-7-13-17/h2-15,20-22H,1H3,(H,24,25)/t20-,21-/m1/s1. The molecule has 0 spiro atoms. The van der Waals surface area contributed by atoms with Crippen LogP contribution in [0.15, 0.2) is 89.8 Å². The zero-order valence-electron chi connectivity index (χ0n) is 14.6. The topological polar surface area (TPSA) is 29.1 Å². The fourth-order valence-corrected chi connectivity index (χ4v) is 4.33. The highest BCUT2D eigenvalue weighted by Crippen LogP contribution is 2.60. The second-order valence-corrected chi connectivity index (χ2v) is 7.44. The maximum absolute atomic E-state index is 13.1. The molecule has 0 bridgehead atoms. The van der Waals surface area contributed by atoms with Crippen LogP contribution in [-0.2, 0) is 4.79 Å². The van der Waals surface area contributed by atoms with Crippen LogP contribution >= 0.6 is 11.8 Å². The first kappa shape index (κ1) is 16.9. The van der Waals surface area contributed by atoms with Crippen molar-refractivity contribution in [2.45, 2.75) is 16.7 Å². The molecule has 2 nitrogen and oxygen atoms in total. The zero-order valence-corrected chi connectivity index (χ0v) is 15.4. The minimum absolute atomic E-state index is 0.0327. The van der Waals surface area contributed by atoms with Crippen molar-refractivity contribution in [3.63, 3.8) is 0 Å². The average Bonchev–Trinajstić information content (AvgIpc) is 3.46. The van der Waals surface area contributed by atoms with Crippen LogP contribution < -0.4 is 5.32 Å². The number of nitrogens with one attached hydrogen (secondary N) is 1. The van der Waals surface area contributed by atoms with Crippen molar-refractivity contribution in [3.8, 4) is 0 Å². The van der Waals surface area contributed by atoms with Crippen molar-refractivity contribution in [2.24, 2.45) is 5.92 Å². The van der Waals surface area contributed by atoms with E-state index in [1.165, 1.54) is 11.1 Å². The van der Waals surface area contributed by atoms with Gasteiger partial charge in [0.2, 0.25) is 5.91 Å². The van der Waals surface area contributed by atoms with Crippen molar-refractivity contribution >= 4 is 23.4 Å². The quantitative estimate of drug-likeness (QED) is 0.606. The second kappa shape index (κ2) is 7.38. The minimum Gasteiger partial charge on any atom is -0.325 e. The summed E-state index contributed by atoms with van der Waals surface area (Å²) in [6.45, 7) is 0. The van der Waals surface area contributed by atoms with E-state index in [0.29, 0.717) is 0 Å². The van der Waals surface area contributed by atoms with Gasteiger partial charge in [-0.3, -0.25) is 4.79 Å². The molecule has 1 fully saturated rings. The van der Waals surface area contributed by atoms with Crippen molar-refractivity contribution < 1.29 is 4.79 Å². The number of carbonyl (C=O) groups is 1. The molecular formula is C23H21NOS. The number of amides is 1. The van der Waals surface area contributed by atoms with Crippen LogP contribution in [0.3, 0.4) is 0 Å². The molecule has 1 N–H and O–H groups in total. The Kier molecular flexibility index (Phi) is 4.81. The van der Waals surface area contributed by atoms with Crippen molar-refractivity contribution in [1.82, 2.24) is 0 Å². The molecule has 130 valence electrons. The highest BCUT2D eigenvalue weighted by atomic mass is 32.2. The Bertz CT molecular complexity index is 849. The third kappa shape index (κ3) is 3.27. The summed E-state index contributed by atoms with van der Waals surface area (Å²) in [5, 5.41) is 3.16. The van der Waals surface area contributed by atoms with Gasteiger partial charge in [-0.25, -0.2) is 0 Å². The Morgan fingerprint density at radius 3 is 1.81 bits per heavy atom. The van der Waals surface area contributed by atoms with Gasteiger partial charge in [0.1, 0.15) is 0 Å². The summed E-state index contributed by atoms with van der Waals surface area (Å²) in [4.78, 5) is 14.2. The summed E-state index contributed by atoms with van der Waals surface area (Å²) in [5.74, 6) is 0.545. The number of hydrogen-bond donors (Lipinski definition) is 1. The maximum atomic E-state index is 13.1. The summed E-state index contributed by atoms with van der Waals surface area (Å²) in [6, 6.07) is 28.7. The van der Waals surface area contributed by atoms with Crippen LogP contribution in [0, 0.1) is 5.92 Å². The van der Waals surface area contributed by atoms with Crippen LogP contribution in [-0.4, -0.2) is 12.2 Å². The number of carbonyl (C=O) groups excluding carboxylic acids is 1. The van der Waals surface area contributed by atoms with Gasteiger partial charge in [0, 0.05) is 16.7 Å². The Balaban J connectivity index is 1.61. The highest BCUT2D eigenvalue weighted by molar-refractivity contribution is 7.98. The number of para-hydroxylation sites is 1. The van der Waals surface area contributed by atoms with Crippen LogP contribution in [0.1, 0.15) is 23.0 Å². The van der Waals surface area contributed by atoms with Crippen LogP contribution in [0.25, 0.3) is 0 Å². The van der Waals surface area contributed by atoms with E-state index in [2.05, 4.69) is 29.6 Å². The molecule has 2 atom stereocenters. The van der Waals surface area contributed by atoms with E-state index in [9.17, 15) is 4.79 Å². The van der Waals surface area contributed by atoms with E-state index >= 15 is 0 Å². The molecule has 0 aliphatic heterocycles. The average molecular weight is 359 g/mol. The first-order valence-corrected chi connectivity index (χ1v) is 10.1. The molecule has 3 aromatic carbocycles. The number of anilines is 1. The molecule has 0 radical (unpaired) electrons. The van der Waals surface area contributed by atoms with E-state index in [1.54, 1.807) is 11.8 Å². The Labute approximate surface area is 158 Å². The fourth-order valence-electron chi connectivity index (χ4n) is 3.78. The molecule has 4 rings (SSSR count). The van der Waals surface area contributed by atoms with Crippen LogP contribution in [0.4, 0.5) is 5.69 Å². The third-order valence-corrected chi connectivity index (χ3v) is 5.85. The lowest BCUT2D eigenvalue weighted by atomic mass is 10.0. The molecule has 0 unspecified atom stereocenters. The van der Waals surface area contributed by atoms with E-state index < -0.39 is 0 Å². The zero-order chi connectivity index (χ0) is 17.9. The van der Waals surface area contributed by atoms with Gasteiger partial charge < -0.3 is 5.32 Å². The van der Waals surface area contributed by atoms with Gasteiger partial charge in [0.25, 0.3) is 0 Å². The summed E-state index contributed by atoms with van der Waals surface area (Å²) >= 11 is 1.65. The number of hydrogen-bond acceptors (Lipinski definition) is 2. The first-order valence-electron chi connectivity index (χ1n) is 8.83. The molecule has 1 amide bonds. The van der Waals surface area contributed by atoms with Crippen molar-refractivity contribution in [1.29, 1.82) is 0 Å². The monoisotopic (exact) mass is 359 g/mol. The van der Waals surface area contributed by atoms with E-state index in [0.717, 1.165) is 10.6 Å². The molecule has 0 saturated heterocycles. The van der Waals surface area contributed by atoms with Gasteiger partial charge in [-0.15, -0.1) is 11.8 Å². The molecule has 26 heavy (non-hydrogen) atoms. The van der Waals surface area contributed by atoms with Gasteiger partial charge in [0.15, 0.2) is 0 Å². The Morgan fingerprint density at radius 2 is 1.27 bits per heavy atom. The molecule has 1 saturated carbocycles. The van der Waals surface area contributed by atoms with Gasteiger partial charge in [-0.2, -0.15) is 0 Å². The van der Waals surface area contributed by atoms with Gasteiger partial charge >= 0.3 is 0 Å². The lowest BCUT2D eigenvalue weighted by Gasteiger charge is -2.09. The second-order valence-electron chi connectivity index (χ2n) is 6.59. The minimum atomic E-state index is -0.0327. The lowest BCUT2D eigenvalue weighted by Crippen LogP contribution is -2.16. The predicted octanol–water partition coefficient (Wildman–Crippen LogP) is 5.54. The van der Waals surface area contributed by atoms with E-state index in [4.69, 9.17) is 0 Å². The van der Waals surface area contributed by atoms with E-state index in [-0.39, 0.29) is 23.7 Å². The Morgan fingerprint density at radius 1 is 0.769 bits per heavy atom. The number of benzene rings is 3. The molecule has 0 aromatic heterocycles. The molecule has 0 heterocycles. The molecule has 1 aliphatic rings. The van der Waals surface area contributed by atoms with Crippen LogP contribution in [0.2, 0.25) is 0 Å². The predicted molar refractivity (Wildman–Crippen MR) is 109 cm³/mol. The summed E-state index contributed by atoms with van der Waals surface area (Å²) in [6.07, 6.45) is 2.03. The SMILES string of the molecule is CSc1ccccc1NC(=O)C1[C@H](c2ccccc2)[C@H]1c1ccccc1. The highest BCUT2D eigenvalue weighted by Gasteiger charge is 2.55. The van der Waals surface area contributed by atoms with E-state index in [1.807, 2.05) is 66.9 Å². The molecule has 1 aliphatic carbocycles. The number of rotatable bonds is 5. The molecular weight excluding hydrogens is 338 g/mol. The summed E-state index contributed by atoms with van der Waals surface area (Å²) < 4.78 is 0. The summed E-state index contributed by atoms with van der Waals surface area (Å²) in [7, 11) is 0. The smallest absolute Gasteiger partial charge is 0.228 e. The lowest BCUT2D eigenvalue weighted by molar-refractivity contribution is -0.117. The van der Waals surface area contributed by atoms with Crippen molar-refractivity contribution in [3.05, 3.63) is 96.1 Å². The van der Waals surface area contributed by atoms with Gasteiger partial charge in [-0.05, 0) is 29.5 Å². The number of thioether (sulfide) groups is 1. The third-order valence-electron chi connectivity index (χ3n) is 5.06. The normalized spacial score (nSPS) is 21.2.